The molecular weight excluding hydrogens is 219 g/mol. The molecule has 0 bridgehead atoms. The molecule has 0 spiro atoms. The molecule has 0 fully saturated rings. The minimum Gasteiger partial charge on any atom is -0.457 e. The van der Waals surface area contributed by atoms with Gasteiger partial charge in [-0.15, -0.1) is 0 Å². The Hall–Kier alpha value is -2.07. The molecule has 0 aliphatic carbocycles. The van der Waals surface area contributed by atoms with Crippen LogP contribution in [0.3, 0.4) is 0 Å². The maximum Gasteiger partial charge on any atom is 0.132 e. The van der Waals surface area contributed by atoms with E-state index in [9.17, 15) is 4.39 Å². The third kappa shape index (κ3) is 2.73. The van der Waals surface area contributed by atoms with E-state index in [-0.39, 0.29) is 5.82 Å². The first-order valence-electron chi connectivity index (χ1n) is 5.21. The molecule has 0 aromatic heterocycles. The molecule has 0 aliphatic heterocycles. The van der Waals surface area contributed by atoms with Crippen molar-refractivity contribution in [2.24, 2.45) is 5.73 Å². The molecule has 3 nitrogen and oxygen atoms in total. The minimum absolute atomic E-state index is 0.297. The highest BCUT2D eigenvalue weighted by molar-refractivity contribution is 5.49. The predicted molar refractivity (Wildman–Crippen MR) is 65.2 cm³/mol. The van der Waals surface area contributed by atoms with Gasteiger partial charge in [-0.2, -0.15) is 0 Å². The lowest BCUT2D eigenvalue weighted by atomic mass is 10.2. The molecule has 0 saturated heterocycles. The van der Waals surface area contributed by atoms with Gasteiger partial charge in [-0.05, 0) is 42.5 Å². The third-order valence-electron chi connectivity index (χ3n) is 2.35. The van der Waals surface area contributed by atoms with Gasteiger partial charge in [0.1, 0.15) is 17.3 Å². The second-order valence-corrected chi connectivity index (χ2v) is 3.63. The summed E-state index contributed by atoms with van der Waals surface area (Å²) in [4.78, 5) is 0. The molecule has 2 aromatic carbocycles. The maximum absolute atomic E-state index is 12.7. The Kier molecular flexibility index (Phi) is 3.25. The Morgan fingerprint density at radius 2 is 1.76 bits per heavy atom. The summed E-state index contributed by atoms with van der Waals surface area (Å²) in [7, 11) is 0. The number of nitrogen functional groups attached to an aromatic ring is 1. The highest BCUT2D eigenvalue weighted by atomic mass is 19.1. The summed E-state index contributed by atoms with van der Waals surface area (Å²) in [6.07, 6.45) is 0. The second kappa shape index (κ2) is 4.84. The van der Waals surface area contributed by atoms with Crippen molar-refractivity contribution in [3.8, 4) is 11.5 Å². The van der Waals surface area contributed by atoms with E-state index in [1.807, 2.05) is 0 Å². The molecule has 0 unspecified atom stereocenters. The van der Waals surface area contributed by atoms with Crippen molar-refractivity contribution < 1.29 is 9.13 Å². The van der Waals surface area contributed by atoms with Gasteiger partial charge in [0.25, 0.3) is 0 Å². The number of hydrogen-bond donors (Lipinski definition) is 2. The first kappa shape index (κ1) is 11.4. The Labute approximate surface area is 98.8 Å². The first-order chi connectivity index (χ1) is 8.19. The van der Waals surface area contributed by atoms with E-state index in [0.29, 0.717) is 23.7 Å². The molecule has 17 heavy (non-hydrogen) atoms. The summed E-state index contributed by atoms with van der Waals surface area (Å²) < 4.78 is 18.3. The number of rotatable bonds is 3. The van der Waals surface area contributed by atoms with Crippen molar-refractivity contribution in [3.63, 3.8) is 0 Å². The van der Waals surface area contributed by atoms with E-state index in [1.54, 1.807) is 30.3 Å². The molecule has 2 rings (SSSR count). The molecule has 2 aromatic rings. The van der Waals surface area contributed by atoms with Gasteiger partial charge in [0.15, 0.2) is 0 Å². The van der Waals surface area contributed by atoms with Crippen LogP contribution in [0.15, 0.2) is 42.5 Å². The number of ether oxygens (including phenoxy) is 1. The minimum atomic E-state index is -0.297. The first-order valence-corrected chi connectivity index (χ1v) is 5.21. The summed E-state index contributed by atoms with van der Waals surface area (Å²) in [6.45, 7) is 0.335. The average Bonchev–Trinajstić information content (AvgIpc) is 2.34. The zero-order chi connectivity index (χ0) is 12.3. The highest BCUT2D eigenvalue weighted by Gasteiger charge is 2.04. The zero-order valence-electron chi connectivity index (χ0n) is 9.19. The second-order valence-electron chi connectivity index (χ2n) is 3.63. The average molecular weight is 232 g/mol. The van der Waals surface area contributed by atoms with Gasteiger partial charge in [0, 0.05) is 17.8 Å². The van der Waals surface area contributed by atoms with Crippen LogP contribution in [-0.4, -0.2) is 0 Å². The summed E-state index contributed by atoms with van der Waals surface area (Å²) in [5.74, 6) is 0.896. The molecule has 0 radical (unpaired) electrons. The quantitative estimate of drug-likeness (QED) is 0.800. The van der Waals surface area contributed by atoms with Crippen LogP contribution >= 0.6 is 0 Å². The molecule has 0 amide bonds. The van der Waals surface area contributed by atoms with E-state index < -0.39 is 0 Å². The van der Waals surface area contributed by atoms with Gasteiger partial charge < -0.3 is 16.2 Å². The number of hydrogen-bond acceptors (Lipinski definition) is 3. The molecule has 4 heteroatoms. The normalized spacial score (nSPS) is 10.2. The van der Waals surface area contributed by atoms with E-state index in [2.05, 4.69) is 0 Å². The maximum atomic E-state index is 12.7. The Bertz CT molecular complexity index is 511. The van der Waals surface area contributed by atoms with E-state index >= 15 is 0 Å². The molecule has 88 valence electrons. The van der Waals surface area contributed by atoms with E-state index in [4.69, 9.17) is 16.2 Å². The molecule has 0 heterocycles. The topological polar surface area (TPSA) is 61.3 Å². The Morgan fingerprint density at radius 1 is 1.06 bits per heavy atom. The Balaban J connectivity index is 2.26. The number of halogens is 1. The van der Waals surface area contributed by atoms with Crippen LogP contribution < -0.4 is 16.2 Å². The van der Waals surface area contributed by atoms with E-state index in [1.165, 1.54) is 12.1 Å². The summed E-state index contributed by atoms with van der Waals surface area (Å²) >= 11 is 0. The number of benzene rings is 2. The fourth-order valence-electron chi connectivity index (χ4n) is 1.49. The molecule has 0 atom stereocenters. The number of nitrogens with two attached hydrogens (primary N) is 2. The van der Waals surface area contributed by atoms with Gasteiger partial charge in [0.05, 0.1) is 0 Å². The van der Waals surface area contributed by atoms with E-state index in [0.717, 1.165) is 5.56 Å². The standard InChI is InChI=1S/C13H13FN2O/c14-10-1-4-12(5-2-10)17-13-6-3-11(16)7-9(13)8-15/h1-7H,8,15-16H2. The van der Waals surface area contributed by atoms with Gasteiger partial charge >= 0.3 is 0 Å². The monoisotopic (exact) mass is 232 g/mol. The SMILES string of the molecule is NCc1cc(N)ccc1Oc1ccc(F)cc1. The lowest BCUT2D eigenvalue weighted by Crippen LogP contribution is -2.00. The van der Waals surface area contributed by atoms with Crippen LogP contribution in [0.1, 0.15) is 5.56 Å². The molecular formula is C13H13FN2O. The fraction of sp³-hybridized carbons (Fsp3) is 0.0769. The van der Waals surface area contributed by atoms with Crippen LogP contribution in [0.25, 0.3) is 0 Å². The summed E-state index contributed by atoms with van der Waals surface area (Å²) in [5, 5.41) is 0. The Morgan fingerprint density at radius 3 is 2.41 bits per heavy atom. The van der Waals surface area contributed by atoms with Crippen LogP contribution in [0.4, 0.5) is 10.1 Å². The van der Waals surface area contributed by atoms with Gasteiger partial charge in [-0.1, -0.05) is 0 Å². The van der Waals surface area contributed by atoms with Crippen LogP contribution in [0.5, 0.6) is 11.5 Å². The molecule has 4 N–H and O–H groups in total. The molecule has 0 aliphatic rings. The highest BCUT2D eigenvalue weighted by Crippen LogP contribution is 2.26. The smallest absolute Gasteiger partial charge is 0.132 e. The van der Waals surface area contributed by atoms with Gasteiger partial charge in [-0.25, -0.2) is 4.39 Å². The molecule has 0 saturated carbocycles. The predicted octanol–water partition coefficient (Wildman–Crippen LogP) is 2.66. The largest absolute Gasteiger partial charge is 0.457 e. The fourth-order valence-corrected chi connectivity index (χ4v) is 1.49. The van der Waals surface area contributed by atoms with Crippen molar-refractivity contribution in [2.45, 2.75) is 6.54 Å². The third-order valence-corrected chi connectivity index (χ3v) is 2.35. The van der Waals surface area contributed by atoms with Crippen LogP contribution in [-0.2, 0) is 6.54 Å². The summed E-state index contributed by atoms with van der Waals surface area (Å²) in [5.41, 5.74) is 12.7. The van der Waals surface area contributed by atoms with Gasteiger partial charge in [-0.3, -0.25) is 0 Å². The van der Waals surface area contributed by atoms with Crippen molar-refractivity contribution >= 4 is 5.69 Å². The van der Waals surface area contributed by atoms with Crippen molar-refractivity contribution in [2.75, 3.05) is 5.73 Å². The van der Waals surface area contributed by atoms with Gasteiger partial charge in [0.2, 0.25) is 0 Å². The number of anilines is 1. The summed E-state index contributed by atoms with van der Waals surface area (Å²) in [6, 6.07) is 11.1. The van der Waals surface area contributed by atoms with Crippen molar-refractivity contribution in [1.82, 2.24) is 0 Å². The van der Waals surface area contributed by atoms with Crippen molar-refractivity contribution in [3.05, 3.63) is 53.8 Å². The van der Waals surface area contributed by atoms with Crippen LogP contribution in [0, 0.1) is 5.82 Å². The van der Waals surface area contributed by atoms with Crippen LogP contribution in [0.2, 0.25) is 0 Å². The lowest BCUT2D eigenvalue weighted by Gasteiger charge is -2.10. The van der Waals surface area contributed by atoms with Crippen molar-refractivity contribution in [1.29, 1.82) is 0 Å². The zero-order valence-corrected chi connectivity index (χ0v) is 9.19. The lowest BCUT2D eigenvalue weighted by molar-refractivity contribution is 0.474.